The van der Waals surface area contributed by atoms with Gasteiger partial charge in [-0.2, -0.15) is 4.39 Å². The molecule has 0 atom stereocenters. The fraction of sp³-hybridized carbons (Fsp3) is 0.167. The van der Waals surface area contributed by atoms with E-state index in [-0.39, 0.29) is 5.91 Å². The number of halogens is 1. The zero-order chi connectivity index (χ0) is 12.4. The summed E-state index contributed by atoms with van der Waals surface area (Å²) in [6, 6.07) is 4.98. The minimum absolute atomic E-state index is 0.0884. The van der Waals surface area contributed by atoms with Gasteiger partial charge in [0.25, 0.3) is 0 Å². The van der Waals surface area contributed by atoms with Gasteiger partial charge < -0.3 is 10.1 Å². The fourth-order valence-corrected chi connectivity index (χ4v) is 1.62. The molecule has 0 unspecified atom stereocenters. The Balaban J connectivity index is 2.28. The average molecular weight is 235 g/mol. The first-order valence-electron chi connectivity index (χ1n) is 4.98. The molecule has 0 radical (unpaired) electrons. The summed E-state index contributed by atoms with van der Waals surface area (Å²) in [7, 11) is 1.11. The lowest BCUT2D eigenvalue weighted by molar-refractivity contribution is -0.137. The second-order valence-electron chi connectivity index (χ2n) is 3.63. The Morgan fingerprint density at radius 1 is 1.53 bits per heavy atom. The summed E-state index contributed by atoms with van der Waals surface area (Å²) in [4.78, 5) is 22.0. The number of anilines is 1. The number of rotatable bonds is 2. The number of esters is 1. The average Bonchev–Trinajstić information content (AvgIpc) is 2.67. The maximum absolute atomic E-state index is 13.2. The summed E-state index contributed by atoms with van der Waals surface area (Å²) < 4.78 is 17.5. The molecule has 4 nitrogen and oxygen atoms in total. The number of ether oxygens (including phenoxy) is 1. The van der Waals surface area contributed by atoms with Crippen LogP contribution in [0, 0.1) is 0 Å². The maximum atomic E-state index is 13.2. The largest absolute Gasteiger partial charge is 0.464 e. The van der Waals surface area contributed by atoms with Gasteiger partial charge >= 0.3 is 5.97 Å². The molecule has 0 fully saturated rings. The molecule has 1 amide bonds. The summed E-state index contributed by atoms with van der Waals surface area (Å²) in [6.45, 7) is 0. The molecular weight excluding hydrogens is 225 g/mol. The van der Waals surface area contributed by atoms with E-state index < -0.39 is 11.8 Å². The second kappa shape index (κ2) is 4.37. The number of fused-ring (bicyclic) bond motifs is 1. The molecule has 0 aliphatic carbocycles. The van der Waals surface area contributed by atoms with Crippen molar-refractivity contribution in [2.45, 2.75) is 6.42 Å². The SMILES string of the molecule is COC(=O)/C(F)=C/c1ccc2c(c1)NC(=O)C2. The number of nitrogens with one attached hydrogen (secondary N) is 1. The molecule has 1 aromatic carbocycles. The Morgan fingerprint density at radius 2 is 2.29 bits per heavy atom. The van der Waals surface area contributed by atoms with Gasteiger partial charge in [0.2, 0.25) is 11.7 Å². The number of hydrogen-bond donors (Lipinski definition) is 1. The van der Waals surface area contributed by atoms with Crippen LogP contribution in [-0.2, 0) is 20.7 Å². The highest BCUT2D eigenvalue weighted by atomic mass is 19.1. The lowest BCUT2D eigenvalue weighted by Crippen LogP contribution is -2.03. The van der Waals surface area contributed by atoms with Gasteiger partial charge in [-0.3, -0.25) is 4.79 Å². The van der Waals surface area contributed by atoms with Gasteiger partial charge in [0.1, 0.15) is 0 Å². The topological polar surface area (TPSA) is 55.4 Å². The molecule has 2 rings (SSSR count). The molecule has 1 aliphatic heterocycles. The van der Waals surface area contributed by atoms with Crippen LogP contribution >= 0.6 is 0 Å². The summed E-state index contributed by atoms with van der Waals surface area (Å²) in [5.74, 6) is -2.08. The third-order valence-corrected chi connectivity index (χ3v) is 2.43. The van der Waals surface area contributed by atoms with Gasteiger partial charge in [-0.05, 0) is 23.3 Å². The molecular formula is C12H10FNO3. The lowest BCUT2D eigenvalue weighted by Gasteiger charge is -2.00. The van der Waals surface area contributed by atoms with Gasteiger partial charge in [-0.15, -0.1) is 0 Å². The van der Waals surface area contributed by atoms with Crippen LogP contribution < -0.4 is 5.32 Å². The number of carbonyl (C=O) groups is 2. The van der Waals surface area contributed by atoms with E-state index in [0.29, 0.717) is 17.7 Å². The normalized spacial score (nSPS) is 14.2. The van der Waals surface area contributed by atoms with Crippen LogP contribution in [0.25, 0.3) is 6.08 Å². The van der Waals surface area contributed by atoms with Gasteiger partial charge in [0.05, 0.1) is 13.5 Å². The lowest BCUT2D eigenvalue weighted by atomic mass is 10.1. The van der Waals surface area contributed by atoms with E-state index in [4.69, 9.17) is 0 Å². The summed E-state index contributed by atoms with van der Waals surface area (Å²) >= 11 is 0. The Morgan fingerprint density at radius 3 is 3.00 bits per heavy atom. The number of amides is 1. The number of benzene rings is 1. The third kappa shape index (κ3) is 2.33. The summed E-state index contributed by atoms with van der Waals surface area (Å²) in [5, 5.41) is 2.65. The molecule has 1 aliphatic rings. The summed E-state index contributed by atoms with van der Waals surface area (Å²) in [6.07, 6.45) is 1.40. The van der Waals surface area contributed by atoms with Gasteiger partial charge in [0, 0.05) is 5.69 Å². The van der Waals surface area contributed by atoms with E-state index in [1.165, 1.54) is 0 Å². The van der Waals surface area contributed by atoms with E-state index in [2.05, 4.69) is 10.1 Å². The van der Waals surface area contributed by atoms with Crippen LogP contribution in [0.1, 0.15) is 11.1 Å². The molecule has 0 bridgehead atoms. The molecule has 88 valence electrons. The quantitative estimate of drug-likeness (QED) is 0.626. The molecule has 0 saturated carbocycles. The molecule has 0 saturated heterocycles. The van der Waals surface area contributed by atoms with Crippen molar-refractivity contribution in [1.82, 2.24) is 0 Å². The van der Waals surface area contributed by atoms with Crippen molar-refractivity contribution in [3.8, 4) is 0 Å². The number of carbonyl (C=O) groups excluding carboxylic acids is 2. The van der Waals surface area contributed by atoms with E-state index in [0.717, 1.165) is 18.7 Å². The van der Waals surface area contributed by atoms with Gasteiger partial charge in [-0.1, -0.05) is 12.1 Å². The van der Waals surface area contributed by atoms with E-state index in [1.807, 2.05) is 0 Å². The standard InChI is InChI=1S/C12H10FNO3/c1-17-12(16)9(13)4-7-2-3-8-6-11(15)14-10(8)5-7/h2-5H,6H2,1H3,(H,14,15)/b9-4-. The third-order valence-electron chi connectivity index (χ3n) is 2.43. The van der Waals surface area contributed by atoms with Crippen LogP contribution in [0.2, 0.25) is 0 Å². The monoisotopic (exact) mass is 235 g/mol. The Labute approximate surface area is 97.1 Å². The fourth-order valence-electron chi connectivity index (χ4n) is 1.62. The zero-order valence-corrected chi connectivity index (χ0v) is 9.12. The van der Waals surface area contributed by atoms with Crippen LogP contribution in [-0.4, -0.2) is 19.0 Å². The number of methoxy groups -OCH3 is 1. The first-order chi connectivity index (χ1) is 8.10. The Kier molecular flexibility index (Phi) is 2.91. The second-order valence-corrected chi connectivity index (χ2v) is 3.63. The maximum Gasteiger partial charge on any atom is 0.366 e. The van der Waals surface area contributed by atoms with Gasteiger partial charge in [0.15, 0.2) is 0 Å². The van der Waals surface area contributed by atoms with Crippen LogP contribution in [0.5, 0.6) is 0 Å². The molecule has 0 aromatic heterocycles. The van der Waals surface area contributed by atoms with Gasteiger partial charge in [-0.25, -0.2) is 4.79 Å². The highest BCUT2D eigenvalue weighted by molar-refractivity contribution is 5.99. The van der Waals surface area contributed by atoms with Crippen LogP contribution in [0.15, 0.2) is 24.0 Å². The number of hydrogen-bond acceptors (Lipinski definition) is 3. The minimum atomic E-state index is -1.02. The highest BCUT2D eigenvalue weighted by Crippen LogP contribution is 2.25. The molecule has 5 heteroatoms. The molecule has 17 heavy (non-hydrogen) atoms. The van der Waals surface area contributed by atoms with E-state index in [9.17, 15) is 14.0 Å². The van der Waals surface area contributed by atoms with Crippen molar-refractivity contribution in [2.24, 2.45) is 0 Å². The summed E-state index contributed by atoms with van der Waals surface area (Å²) in [5.41, 5.74) is 2.01. The smallest absolute Gasteiger partial charge is 0.366 e. The van der Waals surface area contributed by atoms with Crippen LogP contribution in [0.4, 0.5) is 10.1 Å². The van der Waals surface area contributed by atoms with Crippen molar-refractivity contribution < 1.29 is 18.7 Å². The first-order valence-corrected chi connectivity index (χ1v) is 4.98. The van der Waals surface area contributed by atoms with E-state index >= 15 is 0 Å². The predicted octanol–water partition coefficient (Wildman–Crippen LogP) is 1.66. The zero-order valence-electron chi connectivity index (χ0n) is 9.12. The van der Waals surface area contributed by atoms with Crippen LogP contribution in [0.3, 0.4) is 0 Å². The molecule has 1 aromatic rings. The molecule has 0 spiro atoms. The van der Waals surface area contributed by atoms with E-state index in [1.54, 1.807) is 18.2 Å². The van der Waals surface area contributed by atoms with Crippen molar-refractivity contribution in [3.05, 3.63) is 35.2 Å². The van der Waals surface area contributed by atoms with Crippen molar-refractivity contribution >= 4 is 23.6 Å². The highest BCUT2D eigenvalue weighted by Gasteiger charge is 2.17. The van der Waals surface area contributed by atoms with Crippen molar-refractivity contribution in [3.63, 3.8) is 0 Å². The molecule has 1 N–H and O–H groups in total. The predicted molar refractivity (Wildman–Crippen MR) is 59.9 cm³/mol. The Bertz CT molecular complexity index is 522. The Hall–Kier alpha value is -2.17. The first kappa shape index (κ1) is 11.3. The molecule has 1 heterocycles. The van der Waals surface area contributed by atoms with Crippen molar-refractivity contribution in [1.29, 1.82) is 0 Å². The minimum Gasteiger partial charge on any atom is -0.464 e. The van der Waals surface area contributed by atoms with Crippen molar-refractivity contribution in [2.75, 3.05) is 12.4 Å².